The van der Waals surface area contributed by atoms with Crippen LogP contribution in [0.3, 0.4) is 0 Å². The summed E-state index contributed by atoms with van der Waals surface area (Å²) in [4.78, 5) is 26.6. The highest BCUT2D eigenvalue weighted by Gasteiger charge is 2.16. The predicted molar refractivity (Wildman–Crippen MR) is 72.3 cm³/mol. The van der Waals surface area contributed by atoms with Crippen LogP contribution in [0.25, 0.3) is 0 Å². The first-order valence-electron chi connectivity index (χ1n) is 6.12. The van der Waals surface area contributed by atoms with Crippen LogP contribution in [0.2, 0.25) is 0 Å². The largest absolute Gasteiger partial charge is 0.464 e. The number of benzene rings is 1. The predicted octanol–water partition coefficient (Wildman–Crippen LogP) is 1.26. The number of ether oxygens (including phenoxy) is 1. The molecule has 1 amide bonds. The number of rotatable bonds is 4. The Morgan fingerprint density at radius 2 is 2.14 bits per heavy atom. The number of methoxy groups -OCH3 is 1. The average molecular weight is 291 g/mol. The summed E-state index contributed by atoms with van der Waals surface area (Å²) < 4.78 is 20.2. The molecule has 1 aromatic heterocycles. The molecule has 6 nitrogen and oxygen atoms in total. The Balaban J connectivity index is 2.37. The van der Waals surface area contributed by atoms with Crippen molar-refractivity contribution in [3.8, 4) is 0 Å². The molecule has 0 aliphatic heterocycles. The van der Waals surface area contributed by atoms with E-state index < -0.39 is 17.7 Å². The van der Waals surface area contributed by atoms with Gasteiger partial charge in [0.05, 0.1) is 19.9 Å². The van der Waals surface area contributed by atoms with E-state index in [2.05, 4.69) is 9.72 Å². The van der Waals surface area contributed by atoms with Gasteiger partial charge in [-0.15, -0.1) is 0 Å². The number of carbonyl (C=O) groups is 2. The van der Waals surface area contributed by atoms with E-state index in [1.54, 1.807) is 6.92 Å². The molecule has 0 atom stereocenters. The number of aryl methyl sites for hydroxylation is 1. The van der Waals surface area contributed by atoms with E-state index in [1.807, 2.05) is 0 Å². The van der Waals surface area contributed by atoms with Crippen molar-refractivity contribution in [3.05, 3.63) is 52.9 Å². The molecule has 0 aliphatic rings. The van der Waals surface area contributed by atoms with Gasteiger partial charge in [0.1, 0.15) is 17.3 Å². The van der Waals surface area contributed by atoms with Crippen LogP contribution in [0, 0.1) is 12.7 Å². The number of esters is 1. The van der Waals surface area contributed by atoms with Crippen LogP contribution in [0.1, 0.15) is 32.2 Å². The first kappa shape index (κ1) is 14.7. The molecule has 0 aliphatic carbocycles. The molecule has 0 fully saturated rings. The lowest BCUT2D eigenvalue weighted by molar-refractivity contribution is 0.0588. The molecule has 0 unspecified atom stereocenters. The van der Waals surface area contributed by atoms with Crippen LogP contribution < -0.4 is 5.73 Å². The zero-order valence-electron chi connectivity index (χ0n) is 11.6. The molecule has 21 heavy (non-hydrogen) atoms. The summed E-state index contributed by atoms with van der Waals surface area (Å²) in [5, 5.41) is 0. The van der Waals surface area contributed by atoms with Gasteiger partial charge in [0.25, 0.3) is 0 Å². The number of amides is 1. The van der Waals surface area contributed by atoms with Crippen molar-refractivity contribution in [2.75, 3.05) is 7.11 Å². The zero-order valence-corrected chi connectivity index (χ0v) is 11.6. The van der Waals surface area contributed by atoms with Crippen LogP contribution >= 0.6 is 0 Å². The van der Waals surface area contributed by atoms with Crippen LogP contribution in [-0.2, 0) is 11.3 Å². The Labute approximate surface area is 120 Å². The van der Waals surface area contributed by atoms with Gasteiger partial charge in [-0.05, 0) is 19.1 Å². The highest BCUT2D eigenvalue weighted by Crippen LogP contribution is 2.15. The van der Waals surface area contributed by atoms with E-state index in [1.165, 1.54) is 30.0 Å². The van der Waals surface area contributed by atoms with Gasteiger partial charge in [0.15, 0.2) is 0 Å². The van der Waals surface area contributed by atoms with Gasteiger partial charge in [-0.3, -0.25) is 4.79 Å². The fraction of sp³-hybridized carbons (Fsp3) is 0.214. The highest BCUT2D eigenvalue weighted by atomic mass is 19.1. The minimum absolute atomic E-state index is 0.0896. The van der Waals surface area contributed by atoms with E-state index in [-0.39, 0.29) is 17.8 Å². The zero-order chi connectivity index (χ0) is 15.6. The van der Waals surface area contributed by atoms with Crippen LogP contribution in [-0.4, -0.2) is 28.5 Å². The van der Waals surface area contributed by atoms with Crippen LogP contribution in [0.5, 0.6) is 0 Å². The summed E-state index contributed by atoms with van der Waals surface area (Å²) in [6.07, 6.45) is 1.37. The second-order valence-electron chi connectivity index (χ2n) is 4.44. The van der Waals surface area contributed by atoms with E-state index in [0.717, 1.165) is 6.07 Å². The third-order valence-electron chi connectivity index (χ3n) is 3.12. The minimum Gasteiger partial charge on any atom is -0.464 e. The van der Waals surface area contributed by atoms with E-state index in [4.69, 9.17) is 5.73 Å². The highest BCUT2D eigenvalue weighted by molar-refractivity contribution is 5.92. The molecular formula is C14H14FN3O3. The normalized spacial score (nSPS) is 10.4. The maximum absolute atomic E-state index is 14.0. The van der Waals surface area contributed by atoms with Gasteiger partial charge in [0, 0.05) is 11.1 Å². The van der Waals surface area contributed by atoms with Gasteiger partial charge in [0.2, 0.25) is 5.91 Å². The van der Waals surface area contributed by atoms with Crippen molar-refractivity contribution in [1.82, 2.24) is 9.55 Å². The van der Waals surface area contributed by atoms with E-state index in [9.17, 15) is 14.0 Å². The molecule has 2 rings (SSSR count). The summed E-state index contributed by atoms with van der Waals surface area (Å²) in [7, 11) is 1.26. The van der Waals surface area contributed by atoms with Crippen LogP contribution in [0.15, 0.2) is 24.4 Å². The number of aromatic nitrogens is 2. The fourth-order valence-corrected chi connectivity index (χ4v) is 1.93. The van der Waals surface area contributed by atoms with Gasteiger partial charge in [-0.1, -0.05) is 6.07 Å². The topological polar surface area (TPSA) is 87.2 Å². The summed E-state index contributed by atoms with van der Waals surface area (Å²) >= 11 is 0. The lowest BCUT2D eigenvalue weighted by Crippen LogP contribution is -2.15. The molecule has 1 heterocycles. The number of hydrogen-bond donors (Lipinski definition) is 1. The number of nitrogens with two attached hydrogens (primary N) is 1. The SMILES string of the molecule is COC(=O)c1cnc(C)n1Cc1ccc(C(N)=O)cc1F. The number of imidazole rings is 1. The standard InChI is InChI=1S/C14H14FN3O3/c1-8-17-6-12(14(20)21-2)18(8)7-10-4-3-9(13(16)19)5-11(10)15/h3-6H,7H2,1-2H3,(H2,16,19). The van der Waals surface area contributed by atoms with Crippen molar-refractivity contribution in [1.29, 1.82) is 0 Å². The lowest BCUT2D eigenvalue weighted by atomic mass is 10.1. The number of carbonyl (C=O) groups excluding carboxylic acids is 2. The van der Waals surface area contributed by atoms with Gasteiger partial charge >= 0.3 is 5.97 Å². The molecule has 0 radical (unpaired) electrons. The molecule has 0 bridgehead atoms. The monoisotopic (exact) mass is 291 g/mol. The van der Waals surface area contributed by atoms with Crippen molar-refractivity contribution in [3.63, 3.8) is 0 Å². The Kier molecular flexibility index (Phi) is 4.02. The van der Waals surface area contributed by atoms with Crippen molar-refractivity contribution >= 4 is 11.9 Å². The molecule has 0 saturated carbocycles. The van der Waals surface area contributed by atoms with Gasteiger partial charge < -0.3 is 15.0 Å². The fourth-order valence-electron chi connectivity index (χ4n) is 1.93. The number of primary amides is 1. The van der Waals surface area contributed by atoms with Crippen molar-refractivity contribution < 1.29 is 18.7 Å². The van der Waals surface area contributed by atoms with E-state index in [0.29, 0.717) is 11.4 Å². The lowest BCUT2D eigenvalue weighted by Gasteiger charge is -2.10. The van der Waals surface area contributed by atoms with E-state index >= 15 is 0 Å². The second-order valence-corrected chi connectivity index (χ2v) is 4.44. The number of hydrogen-bond acceptors (Lipinski definition) is 4. The quantitative estimate of drug-likeness (QED) is 0.859. The Bertz CT molecular complexity index is 709. The average Bonchev–Trinajstić information content (AvgIpc) is 2.81. The Morgan fingerprint density at radius 3 is 2.71 bits per heavy atom. The summed E-state index contributed by atoms with van der Waals surface area (Å²) in [5.74, 6) is -1.27. The Hall–Kier alpha value is -2.70. The molecule has 1 aromatic carbocycles. The number of halogens is 1. The summed E-state index contributed by atoms with van der Waals surface area (Å²) in [6.45, 7) is 1.79. The second kappa shape index (κ2) is 5.74. The Morgan fingerprint density at radius 1 is 1.43 bits per heavy atom. The summed E-state index contributed by atoms with van der Waals surface area (Å²) in [5.41, 5.74) is 5.72. The van der Waals surface area contributed by atoms with Crippen molar-refractivity contribution in [2.45, 2.75) is 13.5 Å². The maximum Gasteiger partial charge on any atom is 0.356 e. The number of nitrogens with zero attached hydrogens (tertiary/aromatic N) is 2. The maximum atomic E-state index is 14.0. The first-order chi connectivity index (χ1) is 9.93. The molecule has 2 N–H and O–H groups in total. The van der Waals surface area contributed by atoms with Crippen molar-refractivity contribution in [2.24, 2.45) is 5.73 Å². The summed E-state index contributed by atoms with van der Waals surface area (Å²) in [6, 6.07) is 3.96. The smallest absolute Gasteiger partial charge is 0.356 e. The molecule has 0 saturated heterocycles. The molecule has 110 valence electrons. The molecule has 7 heteroatoms. The van der Waals surface area contributed by atoms with Gasteiger partial charge in [-0.25, -0.2) is 14.2 Å². The third-order valence-corrected chi connectivity index (χ3v) is 3.12. The molecule has 0 spiro atoms. The molecule has 2 aromatic rings. The first-order valence-corrected chi connectivity index (χ1v) is 6.12. The minimum atomic E-state index is -0.700. The third kappa shape index (κ3) is 2.91. The molecular weight excluding hydrogens is 277 g/mol. The van der Waals surface area contributed by atoms with Crippen LogP contribution in [0.4, 0.5) is 4.39 Å². The van der Waals surface area contributed by atoms with Gasteiger partial charge in [-0.2, -0.15) is 0 Å².